The van der Waals surface area contributed by atoms with Crippen LogP contribution in [0.25, 0.3) is 0 Å². The van der Waals surface area contributed by atoms with E-state index in [2.05, 4.69) is 28.7 Å². The van der Waals surface area contributed by atoms with Crippen molar-refractivity contribution in [3.8, 4) is 0 Å². The third-order valence-corrected chi connectivity index (χ3v) is 3.03. The Bertz CT molecular complexity index is 502. The van der Waals surface area contributed by atoms with Crippen LogP contribution in [0.4, 0.5) is 0 Å². The second-order valence-corrected chi connectivity index (χ2v) is 6.20. The van der Waals surface area contributed by atoms with Gasteiger partial charge in [-0.2, -0.15) is 13.5 Å². The van der Waals surface area contributed by atoms with E-state index in [0.717, 1.165) is 19.4 Å². The molecule has 1 aliphatic rings. The minimum absolute atomic E-state index is 0.651. The zero-order valence-electron chi connectivity index (χ0n) is 11.3. The Balaban J connectivity index is 0.000000312. The van der Waals surface area contributed by atoms with Gasteiger partial charge >= 0.3 is 0 Å². The van der Waals surface area contributed by atoms with Gasteiger partial charge in [0.05, 0.1) is 12.5 Å². The summed E-state index contributed by atoms with van der Waals surface area (Å²) in [7, 11) is -1.50. The molecule has 0 saturated carbocycles. The normalized spacial score (nSPS) is 18.4. The van der Waals surface area contributed by atoms with Crippen LogP contribution >= 0.6 is 0 Å². The summed E-state index contributed by atoms with van der Waals surface area (Å²) in [6, 6.07) is 0.651. The molecule has 0 radical (unpaired) electrons. The molecule has 0 saturated heterocycles. The van der Waals surface area contributed by atoms with Crippen molar-refractivity contribution in [2.75, 3.05) is 19.8 Å². The van der Waals surface area contributed by atoms with Gasteiger partial charge in [-0.3, -0.25) is 14.6 Å². The van der Waals surface area contributed by atoms with Gasteiger partial charge in [-0.1, -0.05) is 6.08 Å². The van der Waals surface area contributed by atoms with Gasteiger partial charge in [-0.25, -0.2) is 0 Å². The highest BCUT2D eigenvalue weighted by Gasteiger charge is 2.22. The molecule has 2 rings (SSSR count). The SMILES string of the molecule is C=CCN(C)C1CCc2[nH]ncc2C1.CS(=O)(=O)O. The number of aryl methyl sites for hydroxylation is 1. The molecule has 0 aromatic carbocycles. The van der Waals surface area contributed by atoms with Gasteiger partial charge in [-0.15, -0.1) is 6.58 Å². The van der Waals surface area contributed by atoms with E-state index in [4.69, 9.17) is 4.55 Å². The average molecular weight is 287 g/mol. The van der Waals surface area contributed by atoms with Crippen molar-refractivity contribution in [3.63, 3.8) is 0 Å². The van der Waals surface area contributed by atoms with Crippen molar-refractivity contribution in [1.29, 1.82) is 0 Å². The first-order valence-corrected chi connectivity index (χ1v) is 7.90. The first-order valence-electron chi connectivity index (χ1n) is 6.06. The van der Waals surface area contributed by atoms with E-state index in [1.807, 2.05) is 12.3 Å². The third-order valence-electron chi connectivity index (χ3n) is 3.03. The van der Waals surface area contributed by atoms with Crippen LogP contribution in [0.15, 0.2) is 18.9 Å². The highest BCUT2D eigenvalue weighted by Crippen LogP contribution is 2.21. The zero-order valence-corrected chi connectivity index (χ0v) is 12.2. The molecule has 0 bridgehead atoms. The van der Waals surface area contributed by atoms with Gasteiger partial charge < -0.3 is 0 Å². The fourth-order valence-electron chi connectivity index (χ4n) is 2.13. The fourth-order valence-corrected chi connectivity index (χ4v) is 2.13. The molecule has 1 unspecified atom stereocenters. The lowest BCUT2D eigenvalue weighted by Gasteiger charge is -2.29. The molecular formula is C12H21N3O3S. The Kier molecular flexibility index (Phi) is 5.71. The Morgan fingerprint density at radius 1 is 1.68 bits per heavy atom. The summed E-state index contributed by atoms with van der Waals surface area (Å²) in [5.74, 6) is 0. The summed E-state index contributed by atoms with van der Waals surface area (Å²) in [6.07, 6.45) is 8.11. The quantitative estimate of drug-likeness (QED) is 0.637. The van der Waals surface area contributed by atoms with Crippen LogP contribution in [0, 0.1) is 0 Å². The molecule has 1 atom stereocenters. The van der Waals surface area contributed by atoms with E-state index in [1.165, 1.54) is 17.7 Å². The van der Waals surface area contributed by atoms with Gasteiger partial charge in [0.25, 0.3) is 10.1 Å². The molecule has 2 N–H and O–H groups in total. The number of H-pyrrole nitrogens is 1. The summed E-state index contributed by atoms with van der Waals surface area (Å²) < 4.78 is 25.9. The molecule has 6 nitrogen and oxygen atoms in total. The Morgan fingerprint density at radius 2 is 2.32 bits per heavy atom. The number of aromatic nitrogens is 2. The van der Waals surface area contributed by atoms with E-state index >= 15 is 0 Å². The maximum Gasteiger partial charge on any atom is 0.261 e. The van der Waals surface area contributed by atoms with Crippen molar-refractivity contribution in [1.82, 2.24) is 15.1 Å². The highest BCUT2D eigenvalue weighted by molar-refractivity contribution is 7.85. The van der Waals surface area contributed by atoms with Crippen LogP contribution in [0.1, 0.15) is 17.7 Å². The van der Waals surface area contributed by atoms with Crippen molar-refractivity contribution in [2.45, 2.75) is 25.3 Å². The lowest BCUT2D eigenvalue weighted by Crippen LogP contribution is -2.36. The summed E-state index contributed by atoms with van der Waals surface area (Å²) in [5, 5.41) is 7.14. The van der Waals surface area contributed by atoms with Crippen LogP contribution in [0.5, 0.6) is 0 Å². The summed E-state index contributed by atoms with van der Waals surface area (Å²) in [4.78, 5) is 2.36. The Hall–Kier alpha value is -1.18. The molecule has 1 heterocycles. The van der Waals surface area contributed by atoms with Crippen molar-refractivity contribution < 1.29 is 13.0 Å². The van der Waals surface area contributed by atoms with Gasteiger partial charge in [0.2, 0.25) is 0 Å². The molecule has 0 fully saturated rings. The van der Waals surface area contributed by atoms with Gasteiger partial charge in [0.15, 0.2) is 0 Å². The highest BCUT2D eigenvalue weighted by atomic mass is 32.2. The zero-order chi connectivity index (χ0) is 14.5. The topological polar surface area (TPSA) is 86.3 Å². The largest absolute Gasteiger partial charge is 0.299 e. The molecule has 0 aliphatic heterocycles. The standard InChI is InChI=1S/C11H17N3.CH4O3S/c1-3-6-14(2)10-4-5-11-9(7-10)8-12-13-11;1-5(2,3)4/h3,8,10H,1,4-7H2,2H3,(H,12,13);1H3,(H,2,3,4). The predicted octanol–water partition coefficient (Wildman–Crippen LogP) is 0.889. The number of nitrogens with one attached hydrogen (secondary N) is 1. The molecule has 108 valence electrons. The van der Waals surface area contributed by atoms with Gasteiger partial charge in [0, 0.05) is 18.3 Å². The fraction of sp³-hybridized carbons (Fsp3) is 0.583. The number of hydrogen-bond acceptors (Lipinski definition) is 4. The van der Waals surface area contributed by atoms with E-state index in [0.29, 0.717) is 12.3 Å². The van der Waals surface area contributed by atoms with Crippen LogP contribution in [0.2, 0.25) is 0 Å². The number of hydrogen-bond donors (Lipinski definition) is 2. The average Bonchev–Trinajstić information content (AvgIpc) is 2.73. The number of likely N-dealkylation sites (N-methyl/N-ethyl adjacent to an activating group) is 1. The van der Waals surface area contributed by atoms with Crippen molar-refractivity contribution in [2.24, 2.45) is 0 Å². The monoisotopic (exact) mass is 287 g/mol. The number of aromatic amines is 1. The first-order chi connectivity index (χ1) is 8.81. The molecule has 0 amide bonds. The molecule has 1 aliphatic carbocycles. The lowest BCUT2D eigenvalue weighted by atomic mass is 9.93. The second kappa shape index (κ2) is 6.83. The molecule has 1 aromatic heterocycles. The lowest BCUT2D eigenvalue weighted by molar-refractivity contribution is 0.243. The summed E-state index contributed by atoms with van der Waals surface area (Å²) in [6.45, 7) is 4.74. The third kappa shape index (κ3) is 6.00. The first kappa shape index (κ1) is 15.9. The molecule has 0 spiro atoms. The summed E-state index contributed by atoms with van der Waals surface area (Å²) in [5.41, 5.74) is 2.71. The van der Waals surface area contributed by atoms with Crippen molar-refractivity contribution >= 4 is 10.1 Å². The minimum atomic E-state index is -3.67. The van der Waals surface area contributed by atoms with Crippen LogP contribution in [0.3, 0.4) is 0 Å². The van der Waals surface area contributed by atoms with E-state index in [1.54, 1.807) is 0 Å². The molecule has 7 heteroatoms. The molecule has 1 aromatic rings. The van der Waals surface area contributed by atoms with Crippen molar-refractivity contribution in [3.05, 3.63) is 30.1 Å². The van der Waals surface area contributed by atoms with Crippen LogP contribution in [-0.2, 0) is 23.0 Å². The number of nitrogens with zero attached hydrogens (tertiary/aromatic N) is 2. The van der Waals surface area contributed by atoms with E-state index in [9.17, 15) is 8.42 Å². The van der Waals surface area contributed by atoms with Crippen LogP contribution in [-0.4, -0.2) is 54.0 Å². The molecular weight excluding hydrogens is 266 g/mol. The van der Waals surface area contributed by atoms with Gasteiger partial charge in [-0.05, 0) is 31.9 Å². The smallest absolute Gasteiger partial charge is 0.261 e. The number of rotatable bonds is 3. The maximum atomic E-state index is 9.19. The second-order valence-electron chi connectivity index (χ2n) is 4.73. The van der Waals surface area contributed by atoms with E-state index in [-0.39, 0.29) is 0 Å². The van der Waals surface area contributed by atoms with E-state index < -0.39 is 10.1 Å². The Morgan fingerprint density at radius 3 is 2.89 bits per heavy atom. The maximum absolute atomic E-state index is 9.19. The van der Waals surface area contributed by atoms with Gasteiger partial charge in [0.1, 0.15) is 0 Å². The van der Waals surface area contributed by atoms with Crippen LogP contribution < -0.4 is 0 Å². The summed E-state index contributed by atoms with van der Waals surface area (Å²) >= 11 is 0. The number of fused-ring (bicyclic) bond motifs is 1. The molecule has 19 heavy (non-hydrogen) atoms. The minimum Gasteiger partial charge on any atom is -0.299 e. The predicted molar refractivity (Wildman–Crippen MR) is 74.7 cm³/mol. The Labute approximate surface area is 114 Å².